The molecular weight excluding hydrogens is 400 g/mol. The van der Waals surface area contributed by atoms with Crippen molar-refractivity contribution in [3.05, 3.63) is 107 Å². The molecular formula is C25H22N6O. The molecule has 3 aromatic heterocycles. The Hall–Kier alpha value is -4.26. The van der Waals surface area contributed by atoms with Crippen LogP contribution in [0.4, 0.5) is 0 Å². The first kappa shape index (κ1) is 19.7. The summed E-state index contributed by atoms with van der Waals surface area (Å²) in [6.07, 6.45) is 7.07. The fourth-order valence-electron chi connectivity index (χ4n) is 3.75. The largest absolute Gasteiger partial charge is 0.287 e. The molecule has 0 fully saturated rings. The summed E-state index contributed by atoms with van der Waals surface area (Å²) < 4.78 is 5.33. The van der Waals surface area contributed by atoms with Gasteiger partial charge in [0.25, 0.3) is 0 Å². The van der Waals surface area contributed by atoms with Crippen molar-refractivity contribution in [2.24, 2.45) is 0 Å². The average molecular weight is 422 g/mol. The lowest BCUT2D eigenvalue weighted by Crippen LogP contribution is -2.16. The summed E-state index contributed by atoms with van der Waals surface area (Å²) in [6, 6.07) is 21.1. The van der Waals surface area contributed by atoms with E-state index in [1.165, 1.54) is 0 Å². The molecule has 0 saturated carbocycles. The van der Waals surface area contributed by atoms with E-state index in [2.05, 4.69) is 30.1 Å². The first-order chi connectivity index (χ1) is 15.6. The minimum Gasteiger partial charge on any atom is -0.287 e. The van der Waals surface area contributed by atoms with Crippen molar-refractivity contribution in [3.8, 4) is 28.5 Å². The Kier molecular flexibility index (Phi) is 4.99. The van der Waals surface area contributed by atoms with Gasteiger partial charge < -0.3 is 0 Å². The highest BCUT2D eigenvalue weighted by Gasteiger charge is 2.16. The van der Waals surface area contributed by atoms with Gasteiger partial charge in [-0.2, -0.15) is 15.3 Å². The monoisotopic (exact) mass is 422 g/mol. The fourth-order valence-corrected chi connectivity index (χ4v) is 3.75. The van der Waals surface area contributed by atoms with Crippen molar-refractivity contribution in [2.75, 3.05) is 0 Å². The van der Waals surface area contributed by atoms with Crippen LogP contribution in [-0.2, 0) is 0 Å². The standard InChI is InChI=1S/C25H22N6O/c1-18(2)21-17-20(29-15-6-13-26-29)9-10-22(21)30-16-12-24(32)25(28-30)23-11-14-27-31(23)19-7-4-3-5-8-19/h3-18H,1-2H3. The van der Waals surface area contributed by atoms with E-state index >= 15 is 0 Å². The molecule has 0 aliphatic rings. The maximum atomic E-state index is 12.8. The second kappa shape index (κ2) is 8.11. The van der Waals surface area contributed by atoms with Crippen molar-refractivity contribution in [1.29, 1.82) is 0 Å². The third-order valence-corrected chi connectivity index (χ3v) is 5.34. The zero-order chi connectivity index (χ0) is 22.1. The van der Waals surface area contributed by atoms with Crippen molar-refractivity contribution < 1.29 is 0 Å². The summed E-state index contributed by atoms with van der Waals surface area (Å²) in [5, 5.41) is 13.5. The van der Waals surface area contributed by atoms with Gasteiger partial charge in [0.15, 0.2) is 5.69 Å². The summed E-state index contributed by atoms with van der Waals surface area (Å²) in [5.41, 5.74) is 4.72. The van der Waals surface area contributed by atoms with Gasteiger partial charge in [0.05, 0.1) is 29.0 Å². The summed E-state index contributed by atoms with van der Waals surface area (Å²) in [5.74, 6) is 0.250. The minimum absolute atomic E-state index is 0.154. The normalized spacial score (nSPS) is 11.2. The average Bonchev–Trinajstić information content (AvgIpc) is 3.52. The van der Waals surface area contributed by atoms with E-state index in [1.54, 1.807) is 34.0 Å². The van der Waals surface area contributed by atoms with E-state index in [4.69, 9.17) is 5.10 Å². The SMILES string of the molecule is CC(C)c1cc(-n2cccn2)ccc1-n1ccc(=O)c(-c2ccnn2-c2ccccc2)n1. The molecule has 0 amide bonds. The van der Waals surface area contributed by atoms with Crippen LogP contribution in [-0.4, -0.2) is 29.3 Å². The molecule has 0 radical (unpaired) electrons. The Morgan fingerprint density at radius 3 is 2.38 bits per heavy atom. The number of aromatic nitrogens is 6. The molecule has 158 valence electrons. The molecule has 7 nitrogen and oxygen atoms in total. The second-order valence-corrected chi connectivity index (χ2v) is 7.79. The van der Waals surface area contributed by atoms with Crippen LogP contribution in [0.25, 0.3) is 28.5 Å². The van der Waals surface area contributed by atoms with Crippen LogP contribution in [0.3, 0.4) is 0 Å². The van der Waals surface area contributed by atoms with Crippen LogP contribution in [0.5, 0.6) is 0 Å². The van der Waals surface area contributed by atoms with Crippen LogP contribution < -0.4 is 5.43 Å². The van der Waals surface area contributed by atoms with E-state index in [9.17, 15) is 4.79 Å². The maximum Gasteiger partial charge on any atom is 0.209 e. The number of benzene rings is 2. The minimum atomic E-state index is -0.154. The molecule has 5 rings (SSSR count). The summed E-state index contributed by atoms with van der Waals surface area (Å²) >= 11 is 0. The molecule has 0 aliphatic heterocycles. The van der Waals surface area contributed by atoms with Gasteiger partial charge >= 0.3 is 0 Å². The first-order valence-electron chi connectivity index (χ1n) is 10.5. The predicted octanol–water partition coefficient (Wildman–Crippen LogP) is 4.39. The van der Waals surface area contributed by atoms with E-state index in [-0.39, 0.29) is 11.3 Å². The molecule has 7 heteroatoms. The molecule has 0 saturated heterocycles. The molecule has 0 unspecified atom stereocenters. The molecule has 5 aromatic rings. The number of nitrogens with zero attached hydrogens (tertiary/aromatic N) is 6. The lowest BCUT2D eigenvalue weighted by Gasteiger charge is -2.17. The lowest BCUT2D eigenvalue weighted by molar-refractivity contribution is 0.780. The highest BCUT2D eigenvalue weighted by molar-refractivity contribution is 5.58. The van der Waals surface area contributed by atoms with Gasteiger partial charge in [-0.25, -0.2) is 14.0 Å². The molecule has 3 heterocycles. The van der Waals surface area contributed by atoms with Gasteiger partial charge in [0.1, 0.15) is 0 Å². The van der Waals surface area contributed by atoms with Crippen LogP contribution in [0.1, 0.15) is 25.3 Å². The third-order valence-electron chi connectivity index (χ3n) is 5.34. The molecule has 32 heavy (non-hydrogen) atoms. The number of hydrogen-bond donors (Lipinski definition) is 0. The van der Waals surface area contributed by atoms with Crippen LogP contribution in [0.15, 0.2) is 96.3 Å². The van der Waals surface area contributed by atoms with Crippen LogP contribution >= 0.6 is 0 Å². The van der Waals surface area contributed by atoms with Gasteiger partial charge in [0.2, 0.25) is 5.43 Å². The summed E-state index contributed by atoms with van der Waals surface area (Å²) in [7, 11) is 0. The van der Waals surface area contributed by atoms with Crippen LogP contribution in [0.2, 0.25) is 0 Å². The van der Waals surface area contributed by atoms with Gasteiger partial charge in [-0.05, 0) is 53.9 Å². The van der Waals surface area contributed by atoms with Crippen molar-refractivity contribution in [2.45, 2.75) is 19.8 Å². The Morgan fingerprint density at radius 2 is 1.62 bits per heavy atom. The molecule has 0 N–H and O–H groups in total. The molecule has 0 spiro atoms. The Bertz CT molecular complexity index is 1410. The lowest BCUT2D eigenvalue weighted by atomic mass is 10.0. The van der Waals surface area contributed by atoms with Gasteiger partial charge in [-0.1, -0.05) is 32.0 Å². The van der Waals surface area contributed by atoms with E-state index in [0.717, 1.165) is 22.6 Å². The topological polar surface area (TPSA) is 70.5 Å². The van der Waals surface area contributed by atoms with E-state index < -0.39 is 0 Å². The summed E-state index contributed by atoms with van der Waals surface area (Å²) in [6.45, 7) is 4.28. The van der Waals surface area contributed by atoms with Gasteiger partial charge in [-0.3, -0.25) is 4.79 Å². The zero-order valence-electron chi connectivity index (χ0n) is 17.8. The Morgan fingerprint density at radius 1 is 0.781 bits per heavy atom. The highest BCUT2D eigenvalue weighted by Crippen LogP contribution is 2.26. The Balaban J connectivity index is 1.63. The van der Waals surface area contributed by atoms with Gasteiger partial charge in [-0.15, -0.1) is 0 Å². The van der Waals surface area contributed by atoms with Gasteiger partial charge in [0, 0.05) is 24.7 Å². The quantitative estimate of drug-likeness (QED) is 0.421. The van der Waals surface area contributed by atoms with E-state index in [1.807, 2.05) is 65.5 Å². The molecule has 0 aliphatic carbocycles. The fraction of sp³-hybridized carbons (Fsp3) is 0.120. The second-order valence-electron chi connectivity index (χ2n) is 7.79. The van der Waals surface area contributed by atoms with Crippen molar-refractivity contribution in [1.82, 2.24) is 29.3 Å². The third kappa shape index (κ3) is 3.54. The van der Waals surface area contributed by atoms with Crippen molar-refractivity contribution in [3.63, 3.8) is 0 Å². The van der Waals surface area contributed by atoms with E-state index in [0.29, 0.717) is 11.4 Å². The van der Waals surface area contributed by atoms with Crippen LogP contribution in [0, 0.1) is 0 Å². The highest BCUT2D eigenvalue weighted by atomic mass is 16.1. The number of para-hydroxylation sites is 1. The number of hydrogen-bond acceptors (Lipinski definition) is 4. The molecule has 2 aromatic carbocycles. The smallest absolute Gasteiger partial charge is 0.209 e. The number of rotatable bonds is 5. The molecule has 0 bridgehead atoms. The zero-order valence-corrected chi connectivity index (χ0v) is 17.8. The maximum absolute atomic E-state index is 12.8. The Labute approximate surface area is 185 Å². The first-order valence-corrected chi connectivity index (χ1v) is 10.5. The molecule has 0 atom stereocenters. The van der Waals surface area contributed by atoms with Crippen molar-refractivity contribution >= 4 is 0 Å². The summed E-state index contributed by atoms with van der Waals surface area (Å²) in [4.78, 5) is 12.8. The predicted molar refractivity (Wildman–Crippen MR) is 124 cm³/mol.